The molecular formula is C25H27N7O4. The van der Waals surface area contributed by atoms with Crippen molar-refractivity contribution >= 4 is 35.2 Å². The quantitative estimate of drug-likeness (QED) is 0.131. The lowest BCUT2D eigenvalue weighted by Gasteiger charge is -2.12. The fraction of sp³-hybridized carbons (Fsp3) is 0.200. The van der Waals surface area contributed by atoms with E-state index < -0.39 is 4.92 Å². The number of rotatable bonds is 12. The molecule has 0 fully saturated rings. The van der Waals surface area contributed by atoms with Gasteiger partial charge in [-0.15, -0.1) is 0 Å². The summed E-state index contributed by atoms with van der Waals surface area (Å²) in [4.78, 5) is 42.7. The molecule has 1 heterocycles. The number of carbonyl (C=O) groups excluding carboxylic acids is 2. The van der Waals surface area contributed by atoms with Gasteiger partial charge in [0.2, 0.25) is 11.8 Å². The van der Waals surface area contributed by atoms with Crippen LogP contribution in [0.2, 0.25) is 0 Å². The number of carbonyl (C=O) groups is 2. The number of aromatic nitrogens is 2. The molecule has 2 aromatic carbocycles. The number of non-ortho nitro benzene ring substituents is 1. The Morgan fingerprint density at radius 1 is 0.889 bits per heavy atom. The highest BCUT2D eigenvalue weighted by molar-refractivity contribution is 5.91. The topological polar surface area (TPSA) is 151 Å². The molecule has 2 amide bonds. The van der Waals surface area contributed by atoms with Crippen molar-refractivity contribution in [3.63, 3.8) is 0 Å². The molecule has 0 spiro atoms. The number of anilines is 2. The van der Waals surface area contributed by atoms with Crippen LogP contribution in [-0.2, 0) is 9.59 Å². The van der Waals surface area contributed by atoms with Crippen molar-refractivity contribution in [2.75, 3.05) is 36.8 Å². The Balaban J connectivity index is 1.56. The van der Waals surface area contributed by atoms with Crippen LogP contribution in [0.4, 0.5) is 17.3 Å². The summed E-state index contributed by atoms with van der Waals surface area (Å²) in [5, 5.41) is 22.7. The first-order valence-corrected chi connectivity index (χ1v) is 11.3. The first-order chi connectivity index (χ1) is 17.4. The maximum atomic E-state index is 12.1. The van der Waals surface area contributed by atoms with Crippen LogP contribution in [0.5, 0.6) is 0 Å². The van der Waals surface area contributed by atoms with Gasteiger partial charge >= 0.3 is 0 Å². The first kappa shape index (κ1) is 25.8. The van der Waals surface area contributed by atoms with Gasteiger partial charge in [-0.1, -0.05) is 42.5 Å². The van der Waals surface area contributed by atoms with Crippen LogP contribution in [-0.4, -0.2) is 52.9 Å². The Labute approximate surface area is 208 Å². The Bertz CT molecular complexity index is 1230. The molecule has 0 saturated heterocycles. The minimum Gasteiger partial charge on any atom is -0.368 e. The summed E-state index contributed by atoms with van der Waals surface area (Å²) in [6.45, 7) is 3.15. The summed E-state index contributed by atoms with van der Waals surface area (Å²) in [5.41, 5.74) is 1.38. The number of nitro benzene ring substituents is 1. The normalized spacial score (nSPS) is 10.6. The van der Waals surface area contributed by atoms with Gasteiger partial charge in [0.15, 0.2) is 5.82 Å². The lowest BCUT2D eigenvalue weighted by Crippen LogP contribution is -2.27. The molecule has 11 heteroatoms. The van der Waals surface area contributed by atoms with Gasteiger partial charge in [0.25, 0.3) is 5.69 Å². The molecule has 0 atom stereocenters. The molecule has 11 nitrogen and oxygen atoms in total. The summed E-state index contributed by atoms with van der Waals surface area (Å²) >= 11 is 0. The maximum absolute atomic E-state index is 12.1. The van der Waals surface area contributed by atoms with E-state index >= 15 is 0 Å². The fourth-order valence-corrected chi connectivity index (χ4v) is 3.12. The van der Waals surface area contributed by atoms with E-state index in [4.69, 9.17) is 0 Å². The van der Waals surface area contributed by atoms with Crippen LogP contribution in [0.25, 0.3) is 17.5 Å². The lowest BCUT2D eigenvalue weighted by atomic mass is 10.2. The van der Waals surface area contributed by atoms with Gasteiger partial charge < -0.3 is 21.3 Å². The monoisotopic (exact) mass is 489 g/mol. The van der Waals surface area contributed by atoms with E-state index in [1.54, 1.807) is 18.2 Å². The van der Waals surface area contributed by atoms with Crippen molar-refractivity contribution in [3.8, 4) is 11.4 Å². The zero-order chi connectivity index (χ0) is 25.8. The minimum atomic E-state index is -0.483. The van der Waals surface area contributed by atoms with Crippen LogP contribution < -0.4 is 21.3 Å². The molecule has 0 aliphatic carbocycles. The van der Waals surface area contributed by atoms with Crippen molar-refractivity contribution in [2.45, 2.75) is 6.92 Å². The number of hydrogen-bond acceptors (Lipinski definition) is 8. The maximum Gasteiger partial charge on any atom is 0.270 e. The summed E-state index contributed by atoms with van der Waals surface area (Å²) in [6.07, 6.45) is 2.85. The van der Waals surface area contributed by atoms with Crippen LogP contribution in [0.15, 0.2) is 66.7 Å². The molecule has 186 valence electrons. The summed E-state index contributed by atoms with van der Waals surface area (Å²) in [5.74, 6) is 1.28. The minimum absolute atomic E-state index is 0.0366. The number of nitro groups is 1. The van der Waals surface area contributed by atoms with E-state index in [1.165, 1.54) is 31.2 Å². The number of nitrogens with zero attached hydrogens (tertiary/aromatic N) is 3. The van der Waals surface area contributed by atoms with Gasteiger partial charge in [-0.05, 0) is 11.6 Å². The van der Waals surface area contributed by atoms with Crippen LogP contribution >= 0.6 is 0 Å². The predicted molar refractivity (Wildman–Crippen MR) is 138 cm³/mol. The molecule has 0 unspecified atom stereocenters. The van der Waals surface area contributed by atoms with E-state index in [9.17, 15) is 19.7 Å². The molecule has 1 aromatic heterocycles. The largest absolute Gasteiger partial charge is 0.368 e. The molecule has 0 aliphatic rings. The van der Waals surface area contributed by atoms with Crippen molar-refractivity contribution in [2.24, 2.45) is 0 Å². The highest BCUT2D eigenvalue weighted by Crippen LogP contribution is 2.20. The third-order valence-electron chi connectivity index (χ3n) is 4.80. The van der Waals surface area contributed by atoms with Crippen LogP contribution in [0.3, 0.4) is 0 Å². The molecule has 0 saturated carbocycles. The molecule has 0 radical (unpaired) electrons. The molecular weight excluding hydrogens is 462 g/mol. The molecule has 0 bridgehead atoms. The smallest absolute Gasteiger partial charge is 0.270 e. The molecule has 36 heavy (non-hydrogen) atoms. The number of hydrogen-bond donors (Lipinski definition) is 4. The fourth-order valence-electron chi connectivity index (χ4n) is 3.12. The van der Waals surface area contributed by atoms with Gasteiger partial charge in [-0.25, -0.2) is 9.97 Å². The zero-order valence-electron chi connectivity index (χ0n) is 19.7. The van der Waals surface area contributed by atoms with Gasteiger partial charge in [0, 0.05) is 62.9 Å². The van der Waals surface area contributed by atoms with Crippen molar-refractivity contribution in [1.29, 1.82) is 0 Å². The third-order valence-corrected chi connectivity index (χ3v) is 4.80. The number of nitrogens with one attached hydrogen (secondary N) is 4. The van der Waals surface area contributed by atoms with E-state index in [2.05, 4.69) is 31.2 Å². The summed E-state index contributed by atoms with van der Waals surface area (Å²) in [6, 6.07) is 17.3. The van der Waals surface area contributed by atoms with Crippen molar-refractivity contribution in [3.05, 3.63) is 82.4 Å². The lowest BCUT2D eigenvalue weighted by molar-refractivity contribution is -0.384. The summed E-state index contributed by atoms with van der Waals surface area (Å²) in [7, 11) is 0. The van der Waals surface area contributed by atoms with E-state index in [0.717, 1.165) is 5.56 Å². The highest BCUT2D eigenvalue weighted by atomic mass is 16.6. The van der Waals surface area contributed by atoms with E-state index in [1.807, 2.05) is 30.3 Å². The third kappa shape index (κ3) is 8.52. The second kappa shape index (κ2) is 13.2. The van der Waals surface area contributed by atoms with E-state index in [0.29, 0.717) is 49.2 Å². The molecule has 4 N–H and O–H groups in total. The van der Waals surface area contributed by atoms with Crippen LogP contribution in [0.1, 0.15) is 12.5 Å². The average molecular weight is 490 g/mol. The molecule has 0 aliphatic heterocycles. The van der Waals surface area contributed by atoms with Crippen molar-refractivity contribution < 1.29 is 14.5 Å². The van der Waals surface area contributed by atoms with Crippen LogP contribution in [0, 0.1) is 10.1 Å². The molecule has 3 rings (SSSR count). The van der Waals surface area contributed by atoms with Gasteiger partial charge in [0.05, 0.1) is 4.92 Å². The second-order valence-corrected chi connectivity index (χ2v) is 7.64. The first-order valence-electron chi connectivity index (χ1n) is 11.3. The Morgan fingerprint density at radius 2 is 1.56 bits per heavy atom. The van der Waals surface area contributed by atoms with Gasteiger partial charge in [-0.2, -0.15) is 0 Å². The number of benzene rings is 2. The highest BCUT2D eigenvalue weighted by Gasteiger charge is 2.08. The Hall–Kier alpha value is -4.80. The number of amides is 2. The standard InChI is InChI=1S/C25H27N7O4/c1-18(33)26-12-13-27-22-17-23(31-25(30-22)20-7-3-2-4-8-20)28-14-15-29-24(34)11-10-19-6-5-9-21(16-19)32(35)36/h2-11,16-17H,12-15H2,1H3,(H,26,33)(H,29,34)(H2,27,28,30,31)/b11-10+. The van der Waals surface area contributed by atoms with Gasteiger partial charge in [-0.3, -0.25) is 19.7 Å². The zero-order valence-corrected chi connectivity index (χ0v) is 19.7. The molecule has 3 aromatic rings. The summed E-state index contributed by atoms with van der Waals surface area (Å²) < 4.78 is 0. The predicted octanol–water partition coefficient (Wildman–Crippen LogP) is 2.84. The van der Waals surface area contributed by atoms with Crippen molar-refractivity contribution in [1.82, 2.24) is 20.6 Å². The second-order valence-electron chi connectivity index (χ2n) is 7.64. The van der Waals surface area contributed by atoms with Gasteiger partial charge in [0.1, 0.15) is 11.6 Å². The Kier molecular flexibility index (Phi) is 9.45. The average Bonchev–Trinajstić information content (AvgIpc) is 2.88. The SMILES string of the molecule is CC(=O)NCCNc1cc(NCCNC(=O)/C=C/c2cccc([N+](=O)[O-])c2)nc(-c2ccccc2)n1. The Morgan fingerprint density at radius 3 is 2.19 bits per heavy atom. The van der Waals surface area contributed by atoms with E-state index in [-0.39, 0.29) is 17.5 Å².